The van der Waals surface area contributed by atoms with E-state index in [1.165, 1.54) is 0 Å². The molecule has 0 unspecified atom stereocenters. The number of amides is 1. The van der Waals surface area contributed by atoms with Gasteiger partial charge in [0.05, 0.1) is 13.7 Å². The lowest BCUT2D eigenvalue weighted by Crippen LogP contribution is -2.05. The van der Waals surface area contributed by atoms with E-state index in [4.69, 9.17) is 14.2 Å². The van der Waals surface area contributed by atoms with Crippen LogP contribution in [0.3, 0.4) is 0 Å². The van der Waals surface area contributed by atoms with Crippen molar-refractivity contribution >= 4 is 23.2 Å². The number of methoxy groups -OCH3 is 2. The Morgan fingerprint density at radius 3 is 2.67 bits per heavy atom. The van der Waals surface area contributed by atoms with Crippen molar-refractivity contribution in [3.05, 3.63) is 53.6 Å². The summed E-state index contributed by atoms with van der Waals surface area (Å²) in [6.07, 6.45) is 1.85. The summed E-state index contributed by atoms with van der Waals surface area (Å²) in [6.45, 7) is 0.953. The maximum absolute atomic E-state index is 12.2. The van der Waals surface area contributed by atoms with Crippen molar-refractivity contribution in [2.75, 3.05) is 32.8 Å². The van der Waals surface area contributed by atoms with Crippen molar-refractivity contribution in [2.45, 2.75) is 0 Å². The third kappa shape index (κ3) is 3.26. The van der Waals surface area contributed by atoms with E-state index in [0.717, 1.165) is 16.8 Å². The number of rotatable bonds is 6. The van der Waals surface area contributed by atoms with Crippen molar-refractivity contribution in [1.82, 2.24) is 0 Å². The zero-order valence-electron chi connectivity index (χ0n) is 13.7. The number of fused-ring (bicyclic) bond motifs is 1. The van der Waals surface area contributed by atoms with Crippen molar-refractivity contribution in [1.29, 1.82) is 0 Å². The highest BCUT2D eigenvalue weighted by Crippen LogP contribution is 2.34. The molecule has 124 valence electrons. The molecular formula is C19H19NO4. The Balaban J connectivity index is 1.89. The highest BCUT2D eigenvalue weighted by molar-refractivity contribution is 6.34. The fourth-order valence-corrected chi connectivity index (χ4v) is 2.58. The summed E-state index contributed by atoms with van der Waals surface area (Å²) in [5.41, 5.74) is 3.25. The standard InChI is InChI=1S/C19H19NO4/c1-22-9-10-24-17-8-7-13(12-18(17)23-2)11-15-14-5-3-4-6-16(14)20-19(15)21/h3-8,11-12H,9-10H2,1-2H3,(H,20,21)/b15-11-. The first-order valence-electron chi connectivity index (χ1n) is 7.65. The summed E-state index contributed by atoms with van der Waals surface area (Å²) >= 11 is 0. The summed E-state index contributed by atoms with van der Waals surface area (Å²) in [6, 6.07) is 13.2. The topological polar surface area (TPSA) is 56.8 Å². The van der Waals surface area contributed by atoms with Gasteiger partial charge in [0.25, 0.3) is 5.91 Å². The molecule has 3 rings (SSSR count). The first kappa shape index (κ1) is 16.1. The van der Waals surface area contributed by atoms with Crippen molar-refractivity contribution in [3.63, 3.8) is 0 Å². The second-order valence-electron chi connectivity index (χ2n) is 5.31. The van der Waals surface area contributed by atoms with Crippen molar-refractivity contribution in [3.8, 4) is 11.5 Å². The molecule has 0 spiro atoms. The number of ether oxygens (including phenoxy) is 3. The molecule has 0 atom stereocenters. The highest BCUT2D eigenvalue weighted by Gasteiger charge is 2.23. The van der Waals surface area contributed by atoms with Crippen molar-refractivity contribution in [2.24, 2.45) is 0 Å². The number of para-hydroxylation sites is 1. The van der Waals surface area contributed by atoms with Gasteiger partial charge in [-0.2, -0.15) is 0 Å². The van der Waals surface area contributed by atoms with Gasteiger partial charge in [-0.1, -0.05) is 24.3 Å². The first-order valence-corrected chi connectivity index (χ1v) is 7.65. The Kier molecular flexibility index (Phi) is 4.82. The van der Waals surface area contributed by atoms with E-state index in [2.05, 4.69) is 5.32 Å². The smallest absolute Gasteiger partial charge is 0.256 e. The zero-order valence-corrected chi connectivity index (χ0v) is 13.7. The largest absolute Gasteiger partial charge is 0.493 e. The van der Waals surface area contributed by atoms with Crippen molar-refractivity contribution < 1.29 is 19.0 Å². The van der Waals surface area contributed by atoms with Gasteiger partial charge in [0.2, 0.25) is 0 Å². The van der Waals surface area contributed by atoms with Crippen LogP contribution >= 0.6 is 0 Å². The number of carbonyl (C=O) groups is 1. The van der Waals surface area contributed by atoms with Crippen LogP contribution < -0.4 is 14.8 Å². The summed E-state index contributed by atoms with van der Waals surface area (Å²) in [5.74, 6) is 1.16. The molecular weight excluding hydrogens is 306 g/mol. The number of nitrogens with one attached hydrogen (secondary N) is 1. The van der Waals surface area contributed by atoms with E-state index in [1.807, 2.05) is 48.5 Å². The minimum atomic E-state index is -0.101. The van der Waals surface area contributed by atoms with Gasteiger partial charge in [-0.3, -0.25) is 4.79 Å². The molecule has 0 saturated carbocycles. The number of hydrogen-bond acceptors (Lipinski definition) is 4. The van der Waals surface area contributed by atoms with E-state index in [1.54, 1.807) is 14.2 Å². The summed E-state index contributed by atoms with van der Waals surface area (Å²) in [4.78, 5) is 12.2. The van der Waals surface area contributed by atoms with Gasteiger partial charge in [-0.05, 0) is 29.8 Å². The lowest BCUT2D eigenvalue weighted by Gasteiger charge is -2.11. The molecule has 1 aliphatic rings. The number of benzene rings is 2. The van der Waals surface area contributed by atoms with Crippen LogP contribution in [0.5, 0.6) is 11.5 Å². The SMILES string of the molecule is COCCOc1ccc(/C=C2\C(=O)Nc3ccccc32)cc1OC. The Hall–Kier alpha value is -2.79. The van der Waals surface area contributed by atoms with Crippen LogP contribution in [-0.4, -0.2) is 33.3 Å². The molecule has 0 radical (unpaired) electrons. The van der Waals surface area contributed by atoms with Crippen LogP contribution in [-0.2, 0) is 9.53 Å². The van der Waals surface area contributed by atoms with Crippen LogP contribution in [0.1, 0.15) is 11.1 Å². The van der Waals surface area contributed by atoms with Gasteiger partial charge >= 0.3 is 0 Å². The number of anilines is 1. The Morgan fingerprint density at radius 2 is 1.88 bits per heavy atom. The van der Waals surface area contributed by atoms with E-state index in [-0.39, 0.29) is 5.91 Å². The minimum absolute atomic E-state index is 0.101. The van der Waals surface area contributed by atoms with Gasteiger partial charge in [-0.25, -0.2) is 0 Å². The van der Waals surface area contributed by atoms with E-state index in [0.29, 0.717) is 30.3 Å². The summed E-state index contributed by atoms with van der Waals surface area (Å²) in [5, 5.41) is 2.86. The first-order chi connectivity index (χ1) is 11.7. The molecule has 2 aromatic rings. The van der Waals surface area contributed by atoms with E-state index in [9.17, 15) is 4.79 Å². The molecule has 2 aromatic carbocycles. The third-order valence-corrected chi connectivity index (χ3v) is 3.75. The fourth-order valence-electron chi connectivity index (χ4n) is 2.58. The average Bonchev–Trinajstić information content (AvgIpc) is 2.92. The van der Waals surface area contributed by atoms with E-state index < -0.39 is 0 Å². The normalized spacial score (nSPS) is 14.4. The minimum Gasteiger partial charge on any atom is -0.493 e. The molecule has 0 fully saturated rings. The van der Waals surface area contributed by atoms with Crippen LogP contribution in [0.2, 0.25) is 0 Å². The molecule has 24 heavy (non-hydrogen) atoms. The molecule has 1 N–H and O–H groups in total. The van der Waals surface area contributed by atoms with Crippen LogP contribution in [0.15, 0.2) is 42.5 Å². The summed E-state index contributed by atoms with van der Waals surface area (Å²) in [7, 11) is 3.22. The Labute approximate surface area is 140 Å². The summed E-state index contributed by atoms with van der Waals surface area (Å²) < 4.78 is 16.0. The van der Waals surface area contributed by atoms with Gasteiger partial charge in [-0.15, -0.1) is 0 Å². The average molecular weight is 325 g/mol. The lowest BCUT2D eigenvalue weighted by molar-refractivity contribution is -0.110. The van der Waals surface area contributed by atoms with Crippen LogP contribution in [0, 0.1) is 0 Å². The van der Waals surface area contributed by atoms with Gasteiger partial charge in [0.15, 0.2) is 11.5 Å². The van der Waals surface area contributed by atoms with Crippen LogP contribution in [0.25, 0.3) is 11.6 Å². The second kappa shape index (κ2) is 7.19. The molecule has 0 bridgehead atoms. The molecule has 0 aliphatic carbocycles. The predicted octanol–water partition coefficient (Wildman–Crippen LogP) is 3.21. The fraction of sp³-hybridized carbons (Fsp3) is 0.211. The lowest BCUT2D eigenvalue weighted by atomic mass is 10.0. The van der Waals surface area contributed by atoms with Gasteiger partial charge < -0.3 is 19.5 Å². The Bertz CT molecular complexity index is 783. The van der Waals surface area contributed by atoms with Gasteiger partial charge in [0, 0.05) is 23.9 Å². The number of carbonyl (C=O) groups excluding carboxylic acids is 1. The molecule has 1 amide bonds. The quantitative estimate of drug-likeness (QED) is 0.654. The molecule has 5 nitrogen and oxygen atoms in total. The molecule has 1 heterocycles. The zero-order chi connectivity index (χ0) is 16.9. The number of hydrogen-bond donors (Lipinski definition) is 1. The maximum Gasteiger partial charge on any atom is 0.256 e. The van der Waals surface area contributed by atoms with Crippen LogP contribution in [0.4, 0.5) is 5.69 Å². The molecule has 0 saturated heterocycles. The molecule has 1 aliphatic heterocycles. The highest BCUT2D eigenvalue weighted by atomic mass is 16.5. The van der Waals surface area contributed by atoms with E-state index >= 15 is 0 Å². The molecule has 5 heteroatoms. The molecule has 0 aromatic heterocycles. The Morgan fingerprint density at radius 1 is 1.04 bits per heavy atom. The predicted molar refractivity (Wildman–Crippen MR) is 93.3 cm³/mol. The second-order valence-corrected chi connectivity index (χ2v) is 5.31. The third-order valence-electron chi connectivity index (χ3n) is 3.75. The monoisotopic (exact) mass is 325 g/mol. The van der Waals surface area contributed by atoms with Gasteiger partial charge in [0.1, 0.15) is 6.61 Å². The maximum atomic E-state index is 12.2.